The van der Waals surface area contributed by atoms with E-state index >= 15 is 0 Å². The number of hydrogen-bond acceptors (Lipinski definition) is 3. The van der Waals surface area contributed by atoms with Gasteiger partial charge in [0.05, 0.1) is 16.4 Å². The number of nitrogens with zero attached hydrogens (tertiary/aromatic N) is 2. The zero-order valence-electron chi connectivity index (χ0n) is 10.5. The van der Waals surface area contributed by atoms with Gasteiger partial charge < -0.3 is 10.4 Å². The van der Waals surface area contributed by atoms with Crippen molar-refractivity contribution < 1.29 is 9.90 Å². The highest BCUT2D eigenvalue weighted by molar-refractivity contribution is 6.31. The maximum atomic E-state index is 11.1. The van der Waals surface area contributed by atoms with E-state index in [1.165, 1.54) is 0 Å². The molecule has 0 saturated carbocycles. The zero-order valence-corrected chi connectivity index (χ0v) is 11.3. The van der Waals surface area contributed by atoms with E-state index in [9.17, 15) is 4.79 Å². The smallest absolute Gasteiger partial charge is 0.323 e. The first kappa shape index (κ1) is 14.0. The van der Waals surface area contributed by atoms with E-state index in [1.54, 1.807) is 18.7 Å². The summed E-state index contributed by atoms with van der Waals surface area (Å²) < 4.78 is 1.75. The quantitative estimate of drug-likeness (QED) is 0.843. The number of rotatable bonds is 5. The van der Waals surface area contributed by atoms with Crippen molar-refractivity contribution in [3.63, 3.8) is 0 Å². The van der Waals surface area contributed by atoms with Crippen LogP contribution < -0.4 is 5.32 Å². The van der Waals surface area contributed by atoms with Gasteiger partial charge in [-0.2, -0.15) is 5.10 Å². The molecule has 0 bridgehead atoms. The number of carboxylic acid groups (broad SMARTS) is 1. The fourth-order valence-electron chi connectivity index (χ4n) is 1.56. The van der Waals surface area contributed by atoms with Crippen molar-refractivity contribution in [2.24, 2.45) is 0 Å². The number of halogens is 1. The van der Waals surface area contributed by atoms with Crippen molar-refractivity contribution in [2.45, 2.75) is 39.3 Å². The normalized spacial score (nSPS) is 14.6. The molecule has 0 fully saturated rings. The van der Waals surface area contributed by atoms with Crippen molar-refractivity contribution >= 4 is 17.6 Å². The van der Waals surface area contributed by atoms with E-state index in [-0.39, 0.29) is 0 Å². The summed E-state index contributed by atoms with van der Waals surface area (Å²) in [5.74, 6) is -0.868. The van der Waals surface area contributed by atoms with Gasteiger partial charge in [0.25, 0.3) is 0 Å². The molecule has 1 unspecified atom stereocenters. The van der Waals surface area contributed by atoms with Crippen LogP contribution >= 0.6 is 11.6 Å². The molecule has 0 aliphatic carbocycles. The Kier molecular flexibility index (Phi) is 4.16. The highest BCUT2D eigenvalue weighted by atomic mass is 35.5. The number of nitrogens with one attached hydrogen (secondary N) is 1. The molecule has 0 aromatic carbocycles. The van der Waals surface area contributed by atoms with Crippen LogP contribution in [-0.2, 0) is 11.3 Å². The minimum Gasteiger partial charge on any atom is -0.480 e. The number of aryl methyl sites for hydroxylation is 2. The van der Waals surface area contributed by atoms with Crippen LogP contribution in [0.25, 0.3) is 0 Å². The molecule has 6 heteroatoms. The first-order valence-electron chi connectivity index (χ1n) is 5.43. The van der Waals surface area contributed by atoms with Crippen LogP contribution in [0, 0.1) is 13.8 Å². The lowest BCUT2D eigenvalue weighted by Gasteiger charge is -2.24. The summed E-state index contributed by atoms with van der Waals surface area (Å²) in [6.45, 7) is 5.88. The average molecular weight is 260 g/mol. The third-order valence-corrected chi connectivity index (χ3v) is 3.69. The van der Waals surface area contributed by atoms with Gasteiger partial charge in [0.2, 0.25) is 0 Å². The number of carboxylic acids is 1. The second-order valence-corrected chi connectivity index (χ2v) is 4.72. The standard InChI is InChI=1S/C11H18ClN3O2/c1-7-9(12)8(2)15(14-7)6-5-11(3,13-4)10(16)17/h13H,5-6H2,1-4H3,(H,16,17). The fraction of sp³-hybridized carbons (Fsp3) is 0.636. The molecule has 5 nitrogen and oxygen atoms in total. The highest BCUT2D eigenvalue weighted by Crippen LogP contribution is 2.20. The average Bonchev–Trinajstić information content (AvgIpc) is 2.53. The van der Waals surface area contributed by atoms with Crippen LogP contribution in [0.1, 0.15) is 24.7 Å². The van der Waals surface area contributed by atoms with Crippen molar-refractivity contribution in [1.82, 2.24) is 15.1 Å². The summed E-state index contributed by atoms with van der Waals surface area (Å²) in [4.78, 5) is 11.1. The molecule has 0 saturated heterocycles. The number of aliphatic carboxylic acids is 1. The Morgan fingerprint density at radius 1 is 1.59 bits per heavy atom. The van der Waals surface area contributed by atoms with Crippen molar-refractivity contribution in [1.29, 1.82) is 0 Å². The first-order chi connectivity index (χ1) is 7.81. The molecular formula is C11H18ClN3O2. The molecule has 0 aliphatic rings. The lowest BCUT2D eigenvalue weighted by Crippen LogP contribution is -2.48. The first-order valence-corrected chi connectivity index (χ1v) is 5.81. The third-order valence-electron chi connectivity index (χ3n) is 3.14. The van der Waals surface area contributed by atoms with Gasteiger partial charge in [-0.1, -0.05) is 11.6 Å². The molecule has 1 heterocycles. The molecule has 1 aromatic rings. The van der Waals surface area contributed by atoms with E-state index in [0.717, 1.165) is 11.4 Å². The lowest BCUT2D eigenvalue weighted by atomic mass is 9.98. The van der Waals surface area contributed by atoms with Crippen LogP contribution in [0.2, 0.25) is 5.02 Å². The summed E-state index contributed by atoms with van der Waals surface area (Å²) >= 11 is 6.03. The van der Waals surface area contributed by atoms with Gasteiger partial charge in [0.1, 0.15) is 5.54 Å². The van der Waals surface area contributed by atoms with Gasteiger partial charge in [-0.25, -0.2) is 0 Å². The third kappa shape index (κ3) is 2.79. The van der Waals surface area contributed by atoms with Gasteiger partial charge in [-0.15, -0.1) is 0 Å². The summed E-state index contributed by atoms with van der Waals surface area (Å²) in [5, 5.41) is 16.9. The Labute approximate surface area is 106 Å². The lowest BCUT2D eigenvalue weighted by molar-refractivity contribution is -0.144. The van der Waals surface area contributed by atoms with Crippen LogP contribution in [0.4, 0.5) is 0 Å². The molecule has 1 rings (SSSR count). The van der Waals surface area contributed by atoms with Crippen LogP contribution in [0.15, 0.2) is 0 Å². The van der Waals surface area contributed by atoms with E-state index < -0.39 is 11.5 Å². The summed E-state index contributed by atoms with van der Waals surface area (Å²) in [7, 11) is 1.64. The van der Waals surface area contributed by atoms with Crippen molar-refractivity contribution in [2.75, 3.05) is 7.05 Å². The van der Waals surface area contributed by atoms with E-state index in [2.05, 4.69) is 10.4 Å². The second-order valence-electron chi connectivity index (χ2n) is 4.35. The van der Waals surface area contributed by atoms with Crippen LogP contribution in [0.5, 0.6) is 0 Å². The molecule has 17 heavy (non-hydrogen) atoms. The number of aromatic nitrogens is 2. The van der Waals surface area contributed by atoms with E-state index in [1.807, 2.05) is 13.8 Å². The molecule has 1 aromatic heterocycles. The Bertz CT molecular complexity index is 431. The summed E-state index contributed by atoms with van der Waals surface area (Å²) in [5.41, 5.74) is 0.692. The Balaban J connectivity index is 2.80. The van der Waals surface area contributed by atoms with Gasteiger partial charge in [0, 0.05) is 6.54 Å². The molecular weight excluding hydrogens is 242 g/mol. The Hall–Kier alpha value is -1.07. The maximum Gasteiger partial charge on any atom is 0.323 e. The van der Waals surface area contributed by atoms with Crippen LogP contribution in [-0.4, -0.2) is 33.4 Å². The Morgan fingerprint density at radius 3 is 2.53 bits per heavy atom. The van der Waals surface area contributed by atoms with E-state index in [0.29, 0.717) is 18.0 Å². The van der Waals surface area contributed by atoms with Gasteiger partial charge in [-0.3, -0.25) is 9.48 Å². The molecule has 0 spiro atoms. The molecule has 96 valence electrons. The second kappa shape index (κ2) is 5.06. The molecule has 0 amide bonds. The predicted molar refractivity (Wildman–Crippen MR) is 66.4 cm³/mol. The van der Waals surface area contributed by atoms with Crippen molar-refractivity contribution in [3.8, 4) is 0 Å². The SMILES string of the molecule is CNC(C)(CCn1nc(C)c(Cl)c1C)C(=O)O. The van der Waals surface area contributed by atoms with Crippen molar-refractivity contribution in [3.05, 3.63) is 16.4 Å². The van der Waals surface area contributed by atoms with Gasteiger partial charge in [0.15, 0.2) is 0 Å². The molecule has 0 radical (unpaired) electrons. The number of hydrogen-bond donors (Lipinski definition) is 2. The monoisotopic (exact) mass is 259 g/mol. The van der Waals surface area contributed by atoms with Gasteiger partial charge >= 0.3 is 5.97 Å². The highest BCUT2D eigenvalue weighted by Gasteiger charge is 2.31. The summed E-state index contributed by atoms with van der Waals surface area (Å²) in [6.07, 6.45) is 0.442. The van der Waals surface area contributed by atoms with Crippen LogP contribution in [0.3, 0.4) is 0 Å². The number of carbonyl (C=O) groups is 1. The van der Waals surface area contributed by atoms with E-state index in [4.69, 9.17) is 16.7 Å². The minimum absolute atomic E-state index is 0.442. The molecule has 1 atom stereocenters. The predicted octanol–water partition coefficient (Wildman–Crippen LogP) is 1.61. The topological polar surface area (TPSA) is 67.2 Å². The largest absolute Gasteiger partial charge is 0.480 e. The minimum atomic E-state index is -0.946. The number of likely N-dealkylation sites (N-methyl/N-ethyl adjacent to an activating group) is 1. The fourth-order valence-corrected chi connectivity index (χ4v) is 1.70. The molecule has 0 aliphatic heterocycles. The summed E-state index contributed by atoms with van der Waals surface area (Å²) in [6, 6.07) is 0. The van der Waals surface area contributed by atoms with Gasteiger partial charge in [-0.05, 0) is 34.2 Å². The Morgan fingerprint density at radius 2 is 2.18 bits per heavy atom. The zero-order chi connectivity index (χ0) is 13.2. The maximum absolute atomic E-state index is 11.1. The molecule has 2 N–H and O–H groups in total.